The van der Waals surface area contributed by atoms with Crippen molar-refractivity contribution in [1.29, 1.82) is 0 Å². The maximum absolute atomic E-state index is 12.9. The topological polar surface area (TPSA) is 56.2 Å². The lowest BCUT2D eigenvalue weighted by Gasteiger charge is -2.22. The predicted octanol–water partition coefficient (Wildman–Crippen LogP) is 4.58. The van der Waals surface area contributed by atoms with Gasteiger partial charge in [0, 0.05) is 30.8 Å². The minimum absolute atomic E-state index is 0.0287. The standard InChI is InChI=1S/C24H27N3O2S/c1-27-14-13-25-24(27)30-17-19-9-5-10-20(15-19)23(28)26-21-11-6-12-22(21)29-16-18-7-3-2-4-8-18/h2-5,7-10,13-15,21-22H,6,11-12,16-17H2,1H3,(H,26,28). The van der Waals surface area contributed by atoms with Crippen LogP contribution in [0.3, 0.4) is 0 Å². The van der Waals surface area contributed by atoms with Gasteiger partial charge in [0.15, 0.2) is 5.16 Å². The van der Waals surface area contributed by atoms with Crippen LogP contribution in [0.1, 0.15) is 40.7 Å². The average molecular weight is 422 g/mol. The zero-order valence-electron chi connectivity index (χ0n) is 17.2. The number of aromatic nitrogens is 2. The fourth-order valence-corrected chi connectivity index (χ4v) is 4.64. The van der Waals surface area contributed by atoms with Crippen molar-refractivity contribution in [2.24, 2.45) is 7.05 Å². The number of rotatable bonds is 8. The Bertz CT molecular complexity index is 973. The van der Waals surface area contributed by atoms with Crippen molar-refractivity contribution in [3.05, 3.63) is 83.7 Å². The van der Waals surface area contributed by atoms with Gasteiger partial charge in [0.1, 0.15) is 0 Å². The first-order valence-electron chi connectivity index (χ1n) is 10.3. The van der Waals surface area contributed by atoms with E-state index in [2.05, 4.69) is 22.4 Å². The number of hydrogen-bond donors (Lipinski definition) is 1. The second kappa shape index (κ2) is 9.96. The number of aryl methyl sites for hydroxylation is 1. The first-order chi connectivity index (χ1) is 14.7. The lowest BCUT2D eigenvalue weighted by atomic mass is 10.1. The molecule has 0 bridgehead atoms. The highest BCUT2D eigenvalue weighted by Gasteiger charge is 2.29. The first kappa shape index (κ1) is 20.7. The largest absolute Gasteiger partial charge is 0.371 e. The SMILES string of the molecule is Cn1ccnc1SCc1cccc(C(=O)NC2CCCC2OCc2ccccc2)c1. The van der Waals surface area contributed by atoms with Gasteiger partial charge in [-0.2, -0.15) is 0 Å². The van der Waals surface area contributed by atoms with E-state index in [1.165, 1.54) is 0 Å². The Hall–Kier alpha value is -2.57. The number of carbonyl (C=O) groups is 1. The molecule has 3 aromatic rings. The van der Waals surface area contributed by atoms with Crippen LogP contribution < -0.4 is 5.32 Å². The van der Waals surface area contributed by atoms with Crippen molar-refractivity contribution in [2.45, 2.75) is 48.9 Å². The van der Waals surface area contributed by atoms with Gasteiger partial charge in [0.2, 0.25) is 0 Å². The lowest BCUT2D eigenvalue weighted by Crippen LogP contribution is -2.41. The number of benzene rings is 2. The van der Waals surface area contributed by atoms with Crippen LogP contribution in [0.25, 0.3) is 0 Å². The van der Waals surface area contributed by atoms with Gasteiger partial charge in [-0.15, -0.1) is 0 Å². The zero-order chi connectivity index (χ0) is 20.8. The summed E-state index contributed by atoms with van der Waals surface area (Å²) < 4.78 is 8.12. The summed E-state index contributed by atoms with van der Waals surface area (Å²) in [5, 5.41) is 4.17. The van der Waals surface area contributed by atoms with Crippen LogP contribution in [-0.4, -0.2) is 27.6 Å². The average Bonchev–Trinajstić information content (AvgIpc) is 3.40. The minimum atomic E-state index is -0.0287. The van der Waals surface area contributed by atoms with Gasteiger partial charge in [-0.1, -0.05) is 54.2 Å². The van der Waals surface area contributed by atoms with Crippen molar-refractivity contribution in [1.82, 2.24) is 14.9 Å². The van der Waals surface area contributed by atoms with E-state index in [-0.39, 0.29) is 18.1 Å². The maximum Gasteiger partial charge on any atom is 0.251 e. The quantitative estimate of drug-likeness (QED) is 0.541. The van der Waals surface area contributed by atoms with Gasteiger partial charge in [0.25, 0.3) is 5.91 Å². The van der Waals surface area contributed by atoms with E-state index in [1.807, 2.05) is 60.3 Å². The summed E-state index contributed by atoms with van der Waals surface area (Å²) in [7, 11) is 1.98. The molecular formula is C24H27N3O2S. The van der Waals surface area contributed by atoms with Gasteiger partial charge < -0.3 is 14.6 Å². The van der Waals surface area contributed by atoms with Crippen LogP contribution in [0, 0.1) is 0 Å². The Labute approximate surface area is 181 Å². The zero-order valence-corrected chi connectivity index (χ0v) is 18.0. The summed E-state index contributed by atoms with van der Waals surface area (Å²) in [6, 6.07) is 18.1. The van der Waals surface area contributed by atoms with Crippen LogP contribution >= 0.6 is 11.8 Å². The summed E-state index contributed by atoms with van der Waals surface area (Å²) in [5.74, 6) is 0.747. The molecule has 0 spiro atoms. The van der Waals surface area contributed by atoms with E-state index in [4.69, 9.17) is 4.74 Å². The molecule has 0 aliphatic heterocycles. The molecule has 1 N–H and O–H groups in total. The second-order valence-corrected chi connectivity index (χ2v) is 8.60. The van der Waals surface area contributed by atoms with E-state index < -0.39 is 0 Å². The molecule has 1 heterocycles. The molecule has 1 fully saturated rings. The van der Waals surface area contributed by atoms with Crippen molar-refractivity contribution in [2.75, 3.05) is 0 Å². The van der Waals surface area contributed by atoms with Crippen molar-refractivity contribution < 1.29 is 9.53 Å². The molecule has 1 amide bonds. The van der Waals surface area contributed by atoms with Gasteiger partial charge in [0.05, 0.1) is 18.8 Å². The fraction of sp³-hybridized carbons (Fsp3) is 0.333. The van der Waals surface area contributed by atoms with Crippen LogP contribution in [0.15, 0.2) is 72.1 Å². The minimum Gasteiger partial charge on any atom is -0.371 e. The number of hydrogen-bond acceptors (Lipinski definition) is 4. The molecule has 1 aliphatic carbocycles. The monoisotopic (exact) mass is 421 g/mol. The molecule has 4 rings (SSSR count). The molecular weight excluding hydrogens is 394 g/mol. The van der Waals surface area contributed by atoms with E-state index >= 15 is 0 Å². The highest BCUT2D eigenvalue weighted by atomic mass is 32.2. The summed E-state index contributed by atoms with van der Waals surface area (Å²) in [4.78, 5) is 17.2. The summed E-state index contributed by atoms with van der Waals surface area (Å²) in [5.41, 5.74) is 2.97. The van der Waals surface area contributed by atoms with Crippen LogP contribution in [0.5, 0.6) is 0 Å². The van der Waals surface area contributed by atoms with E-state index in [9.17, 15) is 4.79 Å². The molecule has 1 aliphatic rings. The summed E-state index contributed by atoms with van der Waals surface area (Å²) in [6.07, 6.45) is 6.81. The van der Waals surface area contributed by atoms with Crippen LogP contribution in [0.2, 0.25) is 0 Å². The van der Waals surface area contributed by atoms with Gasteiger partial charge >= 0.3 is 0 Å². The van der Waals surface area contributed by atoms with Gasteiger partial charge in [-0.25, -0.2) is 4.98 Å². The molecule has 30 heavy (non-hydrogen) atoms. The van der Waals surface area contributed by atoms with Gasteiger partial charge in [-0.05, 0) is 42.5 Å². The molecule has 5 nitrogen and oxygen atoms in total. The number of ether oxygens (including phenoxy) is 1. The number of nitrogens with one attached hydrogen (secondary N) is 1. The smallest absolute Gasteiger partial charge is 0.251 e. The van der Waals surface area contributed by atoms with Crippen molar-refractivity contribution >= 4 is 17.7 Å². The Morgan fingerprint density at radius 2 is 2.00 bits per heavy atom. The van der Waals surface area contributed by atoms with Crippen molar-refractivity contribution in [3.8, 4) is 0 Å². The number of nitrogens with zero attached hydrogens (tertiary/aromatic N) is 2. The third-order valence-electron chi connectivity index (χ3n) is 5.41. The maximum atomic E-state index is 12.9. The highest BCUT2D eigenvalue weighted by molar-refractivity contribution is 7.98. The van der Waals surface area contributed by atoms with Crippen LogP contribution in [-0.2, 0) is 24.1 Å². The normalized spacial score (nSPS) is 18.4. The van der Waals surface area contributed by atoms with Crippen molar-refractivity contribution in [3.63, 3.8) is 0 Å². The van der Waals surface area contributed by atoms with Gasteiger partial charge in [-0.3, -0.25) is 4.79 Å². The second-order valence-electron chi connectivity index (χ2n) is 7.66. The summed E-state index contributed by atoms with van der Waals surface area (Å²) >= 11 is 1.67. The molecule has 6 heteroatoms. The third-order valence-corrected chi connectivity index (χ3v) is 6.54. The Kier molecular flexibility index (Phi) is 6.87. The third kappa shape index (κ3) is 5.32. The number of carbonyl (C=O) groups excluding carboxylic acids is 1. The highest BCUT2D eigenvalue weighted by Crippen LogP contribution is 2.24. The number of imidazole rings is 1. The van der Waals surface area contributed by atoms with E-state index in [0.29, 0.717) is 12.2 Å². The van der Waals surface area contributed by atoms with E-state index in [1.54, 1.807) is 18.0 Å². The molecule has 0 radical (unpaired) electrons. The Morgan fingerprint density at radius 1 is 1.17 bits per heavy atom. The Balaban J connectivity index is 1.33. The lowest BCUT2D eigenvalue weighted by molar-refractivity contribution is 0.0272. The molecule has 156 valence electrons. The Morgan fingerprint density at radius 3 is 2.80 bits per heavy atom. The number of thioether (sulfide) groups is 1. The molecule has 2 atom stereocenters. The predicted molar refractivity (Wildman–Crippen MR) is 119 cm³/mol. The molecule has 2 unspecified atom stereocenters. The fourth-order valence-electron chi connectivity index (χ4n) is 3.76. The molecule has 1 aromatic heterocycles. The molecule has 2 aromatic carbocycles. The first-order valence-corrected chi connectivity index (χ1v) is 11.3. The molecule has 1 saturated carbocycles. The number of amides is 1. The summed E-state index contributed by atoms with van der Waals surface area (Å²) in [6.45, 7) is 0.581. The van der Waals surface area contributed by atoms with E-state index in [0.717, 1.165) is 41.3 Å². The molecule has 0 saturated heterocycles. The van der Waals surface area contributed by atoms with Crippen LogP contribution in [0.4, 0.5) is 0 Å².